The number of pyridine rings is 1. The normalized spacial score (nSPS) is 16.8. The van der Waals surface area contributed by atoms with Gasteiger partial charge in [0.25, 0.3) is 0 Å². The lowest BCUT2D eigenvalue weighted by Crippen LogP contribution is -2.38. The minimum absolute atomic E-state index is 0.501. The summed E-state index contributed by atoms with van der Waals surface area (Å²) in [6, 6.07) is 3.71. The van der Waals surface area contributed by atoms with Gasteiger partial charge >= 0.3 is 0 Å². The SMILES string of the molecule is CCCOc1nc(N2CCS(=O)CC2)ccc1N. The Balaban J connectivity index is 2.10. The van der Waals surface area contributed by atoms with Gasteiger partial charge in [-0.25, -0.2) is 0 Å². The highest BCUT2D eigenvalue weighted by molar-refractivity contribution is 7.85. The summed E-state index contributed by atoms with van der Waals surface area (Å²) in [6.07, 6.45) is 0.925. The van der Waals surface area contributed by atoms with Crippen LogP contribution in [0.5, 0.6) is 5.88 Å². The molecule has 100 valence electrons. The number of ether oxygens (including phenoxy) is 1. The van der Waals surface area contributed by atoms with Gasteiger partial charge in [0.15, 0.2) is 0 Å². The molecule has 0 aliphatic carbocycles. The first-order valence-electron chi connectivity index (χ1n) is 6.20. The average molecular weight is 269 g/mol. The van der Waals surface area contributed by atoms with Crippen LogP contribution in [0.4, 0.5) is 11.5 Å². The molecule has 18 heavy (non-hydrogen) atoms. The van der Waals surface area contributed by atoms with Crippen molar-refractivity contribution in [2.24, 2.45) is 0 Å². The highest BCUT2D eigenvalue weighted by atomic mass is 32.2. The first kappa shape index (κ1) is 13.1. The molecule has 0 spiro atoms. The van der Waals surface area contributed by atoms with Crippen molar-refractivity contribution in [3.05, 3.63) is 12.1 Å². The fraction of sp³-hybridized carbons (Fsp3) is 0.583. The Bertz CT molecular complexity index is 429. The smallest absolute Gasteiger partial charge is 0.239 e. The molecule has 1 saturated heterocycles. The zero-order valence-electron chi connectivity index (χ0n) is 10.6. The average Bonchev–Trinajstić information content (AvgIpc) is 2.39. The van der Waals surface area contributed by atoms with Crippen molar-refractivity contribution in [3.63, 3.8) is 0 Å². The zero-order chi connectivity index (χ0) is 13.0. The van der Waals surface area contributed by atoms with Gasteiger partial charge in [0, 0.05) is 35.4 Å². The number of nitrogens with two attached hydrogens (primary N) is 1. The molecule has 5 nitrogen and oxygen atoms in total. The van der Waals surface area contributed by atoms with E-state index in [9.17, 15) is 4.21 Å². The molecule has 0 amide bonds. The Morgan fingerprint density at radius 3 is 2.83 bits per heavy atom. The van der Waals surface area contributed by atoms with Gasteiger partial charge in [0.2, 0.25) is 5.88 Å². The summed E-state index contributed by atoms with van der Waals surface area (Å²) in [5.74, 6) is 2.77. The lowest BCUT2D eigenvalue weighted by Gasteiger charge is -2.27. The summed E-state index contributed by atoms with van der Waals surface area (Å²) in [5.41, 5.74) is 6.39. The van der Waals surface area contributed by atoms with Crippen LogP contribution >= 0.6 is 0 Å². The van der Waals surface area contributed by atoms with Crippen molar-refractivity contribution < 1.29 is 8.95 Å². The van der Waals surface area contributed by atoms with E-state index in [4.69, 9.17) is 10.5 Å². The predicted molar refractivity (Wildman–Crippen MR) is 74.5 cm³/mol. The molecule has 0 unspecified atom stereocenters. The lowest BCUT2D eigenvalue weighted by molar-refractivity contribution is 0.307. The number of nitrogens with zero attached hydrogens (tertiary/aromatic N) is 2. The summed E-state index contributed by atoms with van der Waals surface area (Å²) < 4.78 is 16.8. The van der Waals surface area contributed by atoms with Gasteiger partial charge in [-0.15, -0.1) is 0 Å². The fourth-order valence-corrected chi connectivity index (χ4v) is 2.85. The van der Waals surface area contributed by atoms with Crippen LogP contribution in [0.2, 0.25) is 0 Å². The summed E-state index contributed by atoms with van der Waals surface area (Å²) >= 11 is 0. The van der Waals surface area contributed by atoms with Crippen LogP contribution in [0.3, 0.4) is 0 Å². The van der Waals surface area contributed by atoms with E-state index in [1.165, 1.54) is 0 Å². The molecule has 0 aromatic carbocycles. The van der Waals surface area contributed by atoms with Gasteiger partial charge in [0.1, 0.15) is 5.82 Å². The second-order valence-corrected chi connectivity index (χ2v) is 5.94. The molecule has 2 heterocycles. The monoisotopic (exact) mass is 269 g/mol. The van der Waals surface area contributed by atoms with E-state index in [1.807, 2.05) is 19.1 Å². The zero-order valence-corrected chi connectivity index (χ0v) is 11.4. The van der Waals surface area contributed by atoms with Crippen molar-refractivity contribution >= 4 is 22.3 Å². The first-order valence-corrected chi connectivity index (χ1v) is 7.68. The largest absolute Gasteiger partial charge is 0.476 e. The maximum atomic E-state index is 11.3. The molecule has 0 atom stereocenters. The minimum atomic E-state index is -0.675. The maximum absolute atomic E-state index is 11.3. The summed E-state index contributed by atoms with van der Waals surface area (Å²) in [7, 11) is -0.675. The highest BCUT2D eigenvalue weighted by Gasteiger charge is 2.17. The molecular weight excluding hydrogens is 250 g/mol. The number of rotatable bonds is 4. The van der Waals surface area contributed by atoms with Gasteiger partial charge in [-0.1, -0.05) is 6.92 Å². The van der Waals surface area contributed by atoms with Crippen molar-refractivity contribution in [1.82, 2.24) is 4.98 Å². The fourth-order valence-electron chi connectivity index (χ4n) is 1.80. The van der Waals surface area contributed by atoms with E-state index >= 15 is 0 Å². The van der Waals surface area contributed by atoms with E-state index in [1.54, 1.807) is 0 Å². The standard InChI is InChI=1S/C12H19N3O2S/c1-2-7-17-12-10(13)3-4-11(14-12)15-5-8-18(16)9-6-15/h3-4H,2,5-9,13H2,1H3. The van der Waals surface area contributed by atoms with Crippen molar-refractivity contribution in [2.75, 3.05) is 41.8 Å². The maximum Gasteiger partial charge on any atom is 0.239 e. The second kappa shape index (κ2) is 6.04. The van der Waals surface area contributed by atoms with Gasteiger partial charge in [-0.05, 0) is 18.6 Å². The van der Waals surface area contributed by atoms with Gasteiger partial charge < -0.3 is 15.4 Å². The molecule has 0 saturated carbocycles. The predicted octanol–water partition coefficient (Wildman–Crippen LogP) is 1.02. The first-order chi connectivity index (χ1) is 8.70. The molecular formula is C12H19N3O2S. The summed E-state index contributed by atoms with van der Waals surface area (Å²) in [5, 5.41) is 0. The van der Waals surface area contributed by atoms with Gasteiger partial charge in [0.05, 0.1) is 12.3 Å². The van der Waals surface area contributed by atoms with Gasteiger partial charge in [-0.3, -0.25) is 4.21 Å². The van der Waals surface area contributed by atoms with Crippen LogP contribution in [-0.4, -0.2) is 40.4 Å². The minimum Gasteiger partial charge on any atom is -0.476 e. The highest BCUT2D eigenvalue weighted by Crippen LogP contribution is 2.24. The topological polar surface area (TPSA) is 68.5 Å². The molecule has 0 bridgehead atoms. The van der Waals surface area contributed by atoms with Crippen LogP contribution in [0.1, 0.15) is 13.3 Å². The van der Waals surface area contributed by atoms with E-state index in [0.29, 0.717) is 29.7 Å². The number of hydrogen-bond acceptors (Lipinski definition) is 5. The van der Waals surface area contributed by atoms with E-state index in [2.05, 4.69) is 9.88 Å². The van der Waals surface area contributed by atoms with E-state index in [0.717, 1.165) is 25.3 Å². The molecule has 1 aromatic heterocycles. The molecule has 0 radical (unpaired) electrons. The van der Waals surface area contributed by atoms with Crippen molar-refractivity contribution in [2.45, 2.75) is 13.3 Å². The summed E-state index contributed by atoms with van der Waals surface area (Å²) in [6.45, 7) is 4.21. The van der Waals surface area contributed by atoms with Crippen LogP contribution in [0.15, 0.2) is 12.1 Å². The molecule has 1 fully saturated rings. The van der Waals surface area contributed by atoms with Crippen LogP contribution in [-0.2, 0) is 10.8 Å². The quantitative estimate of drug-likeness (QED) is 0.884. The molecule has 1 aliphatic rings. The Morgan fingerprint density at radius 1 is 1.44 bits per heavy atom. The summed E-state index contributed by atoms with van der Waals surface area (Å²) in [4.78, 5) is 6.56. The number of hydrogen-bond donors (Lipinski definition) is 1. The third-order valence-electron chi connectivity index (χ3n) is 2.82. The van der Waals surface area contributed by atoms with Crippen LogP contribution < -0.4 is 15.4 Å². The van der Waals surface area contributed by atoms with Crippen LogP contribution in [0.25, 0.3) is 0 Å². The van der Waals surface area contributed by atoms with E-state index in [-0.39, 0.29) is 0 Å². The molecule has 2 rings (SSSR count). The van der Waals surface area contributed by atoms with E-state index < -0.39 is 10.8 Å². The van der Waals surface area contributed by atoms with Crippen LogP contribution in [0, 0.1) is 0 Å². The Morgan fingerprint density at radius 2 is 2.17 bits per heavy atom. The Labute approximate surface area is 110 Å². The lowest BCUT2D eigenvalue weighted by atomic mass is 10.3. The Kier molecular flexibility index (Phi) is 4.41. The number of anilines is 2. The van der Waals surface area contributed by atoms with Gasteiger partial charge in [-0.2, -0.15) is 4.98 Å². The number of nitrogen functional groups attached to an aromatic ring is 1. The van der Waals surface area contributed by atoms with Crippen molar-refractivity contribution in [1.29, 1.82) is 0 Å². The third-order valence-corrected chi connectivity index (χ3v) is 4.10. The number of aromatic nitrogens is 1. The molecule has 1 aliphatic heterocycles. The molecule has 6 heteroatoms. The third kappa shape index (κ3) is 3.13. The molecule has 1 aromatic rings. The second-order valence-electron chi connectivity index (χ2n) is 4.25. The molecule has 2 N–H and O–H groups in total. The Hall–Kier alpha value is -1.30. The van der Waals surface area contributed by atoms with Crippen molar-refractivity contribution in [3.8, 4) is 5.88 Å².